The van der Waals surface area contributed by atoms with Crippen LogP contribution in [-0.4, -0.2) is 41.2 Å². The number of nitrogens with one attached hydrogen (secondary N) is 3. The lowest BCUT2D eigenvalue weighted by Crippen LogP contribution is -2.53. The number of piperidine rings is 1. The van der Waals surface area contributed by atoms with Gasteiger partial charge in [0.25, 0.3) is 5.56 Å². The van der Waals surface area contributed by atoms with Gasteiger partial charge in [-0.2, -0.15) is 0 Å². The highest BCUT2D eigenvalue weighted by molar-refractivity contribution is 5.75. The Kier molecular flexibility index (Phi) is 4.16. The molecule has 24 heavy (non-hydrogen) atoms. The summed E-state index contributed by atoms with van der Waals surface area (Å²) in [6.07, 6.45) is 10.0. The standard InChI is InChI=1S/C17H25N5O2/c23-16-15(18-7-8-19-16)22-9-1-2-13(10-22)20-17(24)21-14(11-3-4-11)12-5-6-12/h7-8,11-14H,1-6,9-10H2,(H,19,23)(H2,20,21,24)/t13-/m0/s1. The maximum atomic E-state index is 12.4. The van der Waals surface area contributed by atoms with Crippen molar-refractivity contribution in [1.82, 2.24) is 20.6 Å². The fourth-order valence-electron chi connectivity index (χ4n) is 3.77. The van der Waals surface area contributed by atoms with Gasteiger partial charge in [0.05, 0.1) is 0 Å². The van der Waals surface area contributed by atoms with Crippen LogP contribution in [0.4, 0.5) is 10.6 Å². The van der Waals surface area contributed by atoms with E-state index in [4.69, 9.17) is 0 Å². The van der Waals surface area contributed by atoms with Gasteiger partial charge in [-0.05, 0) is 50.4 Å². The first-order chi connectivity index (χ1) is 11.7. The van der Waals surface area contributed by atoms with Crippen LogP contribution in [0.1, 0.15) is 38.5 Å². The highest BCUT2D eigenvalue weighted by Crippen LogP contribution is 2.44. The smallest absolute Gasteiger partial charge is 0.315 e. The van der Waals surface area contributed by atoms with Crippen LogP contribution in [0.5, 0.6) is 0 Å². The summed E-state index contributed by atoms with van der Waals surface area (Å²) < 4.78 is 0. The first-order valence-electron chi connectivity index (χ1n) is 9.06. The molecule has 2 saturated carbocycles. The molecule has 3 aliphatic rings. The molecule has 0 aromatic carbocycles. The van der Waals surface area contributed by atoms with Crippen LogP contribution < -0.4 is 21.1 Å². The van der Waals surface area contributed by atoms with Crippen molar-refractivity contribution < 1.29 is 4.79 Å². The maximum absolute atomic E-state index is 12.4. The zero-order chi connectivity index (χ0) is 16.5. The third-order valence-electron chi connectivity index (χ3n) is 5.30. The van der Waals surface area contributed by atoms with Gasteiger partial charge in [0.2, 0.25) is 0 Å². The zero-order valence-corrected chi connectivity index (χ0v) is 13.8. The van der Waals surface area contributed by atoms with E-state index < -0.39 is 0 Å². The summed E-state index contributed by atoms with van der Waals surface area (Å²) in [5.74, 6) is 1.83. The molecule has 1 aromatic rings. The minimum atomic E-state index is -0.176. The molecule has 130 valence electrons. The summed E-state index contributed by atoms with van der Waals surface area (Å²) in [6.45, 7) is 1.43. The van der Waals surface area contributed by atoms with Crippen LogP contribution in [0.25, 0.3) is 0 Å². The molecule has 0 radical (unpaired) electrons. The number of carbonyl (C=O) groups excluding carboxylic acids is 1. The van der Waals surface area contributed by atoms with Crippen LogP contribution in [0.2, 0.25) is 0 Å². The summed E-state index contributed by atoms with van der Waals surface area (Å²) >= 11 is 0. The number of H-pyrrole nitrogens is 1. The molecule has 0 bridgehead atoms. The predicted octanol–water partition coefficient (Wildman–Crippen LogP) is 1.23. The number of aromatic amines is 1. The van der Waals surface area contributed by atoms with E-state index in [0.717, 1.165) is 19.4 Å². The zero-order valence-electron chi connectivity index (χ0n) is 13.8. The Morgan fingerprint density at radius 3 is 2.67 bits per heavy atom. The van der Waals surface area contributed by atoms with Gasteiger partial charge in [0.1, 0.15) is 0 Å². The number of anilines is 1. The van der Waals surface area contributed by atoms with Crippen molar-refractivity contribution in [2.24, 2.45) is 11.8 Å². The van der Waals surface area contributed by atoms with E-state index in [-0.39, 0.29) is 17.6 Å². The first kappa shape index (κ1) is 15.5. The van der Waals surface area contributed by atoms with E-state index in [1.54, 1.807) is 6.20 Å². The van der Waals surface area contributed by atoms with Gasteiger partial charge < -0.3 is 20.5 Å². The lowest BCUT2D eigenvalue weighted by Gasteiger charge is -2.33. The van der Waals surface area contributed by atoms with E-state index in [0.29, 0.717) is 30.2 Å². The normalized spacial score (nSPS) is 24.0. The maximum Gasteiger partial charge on any atom is 0.315 e. The topological polar surface area (TPSA) is 90.1 Å². The molecule has 2 aliphatic carbocycles. The van der Waals surface area contributed by atoms with Crippen molar-refractivity contribution in [3.63, 3.8) is 0 Å². The van der Waals surface area contributed by atoms with Gasteiger partial charge in [-0.3, -0.25) is 4.79 Å². The van der Waals surface area contributed by atoms with Gasteiger partial charge in [0.15, 0.2) is 5.82 Å². The summed E-state index contributed by atoms with van der Waals surface area (Å²) in [5.41, 5.74) is -0.176. The van der Waals surface area contributed by atoms with Crippen molar-refractivity contribution in [1.29, 1.82) is 0 Å². The molecule has 2 amide bonds. The van der Waals surface area contributed by atoms with Gasteiger partial charge in [0, 0.05) is 37.6 Å². The molecule has 3 fully saturated rings. The number of rotatable bonds is 5. The van der Waals surface area contributed by atoms with Crippen molar-refractivity contribution >= 4 is 11.8 Å². The largest absolute Gasteiger partial charge is 0.350 e. The molecule has 2 heterocycles. The molecule has 1 saturated heterocycles. The average Bonchev–Trinajstić information content (AvgIpc) is 3.47. The Morgan fingerprint density at radius 2 is 2.00 bits per heavy atom. The highest BCUT2D eigenvalue weighted by atomic mass is 16.2. The van der Waals surface area contributed by atoms with Crippen LogP contribution in [-0.2, 0) is 0 Å². The Balaban J connectivity index is 1.33. The van der Waals surface area contributed by atoms with Crippen molar-refractivity contribution in [3.05, 3.63) is 22.7 Å². The summed E-state index contributed by atoms with van der Waals surface area (Å²) in [7, 11) is 0. The molecule has 1 atom stereocenters. The van der Waals surface area contributed by atoms with Gasteiger partial charge >= 0.3 is 6.03 Å². The van der Waals surface area contributed by atoms with Crippen LogP contribution >= 0.6 is 0 Å². The number of aromatic nitrogens is 2. The second kappa shape index (κ2) is 6.45. The molecule has 7 heteroatoms. The van der Waals surface area contributed by atoms with E-state index in [9.17, 15) is 9.59 Å². The quantitative estimate of drug-likeness (QED) is 0.757. The van der Waals surface area contributed by atoms with Crippen molar-refractivity contribution in [3.8, 4) is 0 Å². The minimum Gasteiger partial charge on any atom is -0.350 e. The predicted molar refractivity (Wildman–Crippen MR) is 91.0 cm³/mol. The lowest BCUT2D eigenvalue weighted by molar-refractivity contribution is 0.227. The van der Waals surface area contributed by atoms with Crippen molar-refractivity contribution in [2.45, 2.75) is 50.6 Å². The molecule has 4 rings (SSSR count). The average molecular weight is 331 g/mol. The fraction of sp³-hybridized carbons (Fsp3) is 0.706. The number of carbonyl (C=O) groups is 1. The van der Waals surface area contributed by atoms with E-state index in [2.05, 4.69) is 20.6 Å². The monoisotopic (exact) mass is 331 g/mol. The first-order valence-corrected chi connectivity index (χ1v) is 9.06. The molecular formula is C17H25N5O2. The Morgan fingerprint density at radius 1 is 1.25 bits per heavy atom. The second-order valence-corrected chi connectivity index (χ2v) is 7.35. The van der Waals surface area contributed by atoms with Gasteiger partial charge in [-0.25, -0.2) is 9.78 Å². The summed E-state index contributed by atoms with van der Waals surface area (Å²) in [4.78, 5) is 33.1. The molecular weight excluding hydrogens is 306 g/mol. The van der Waals surface area contributed by atoms with Crippen LogP contribution in [0.15, 0.2) is 17.2 Å². The van der Waals surface area contributed by atoms with E-state index in [1.165, 1.54) is 31.9 Å². The molecule has 7 nitrogen and oxygen atoms in total. The van der Waals surface area contributed by atoms with Gasteiger partial charge in [-0.1, -0.05) is 0 Å². The summed E-state index contributed by atoms with van der Waals surface area (Å²) in [5, 5.41) is 6.30. The Hall–Kier alpha value is -2.05. The fourth-order valence-corrected chi connectivity index (χ4v) is 3.77. The summed E-state index contributed by atoms with van der Waals surface area (Å²) in [6, 6.07) is 0.364. The lowest BCUT2D eigenvalue weighted by atomic mass is 10.1. The Labute approximate surface area is 141 Å². The number of hydrogen-bond acceptors (Lipinski definition) is 4. The highest BCUT2D eigenvalue weighted by Gasteiger charge is 2.42. The van der Waals surface area contributed by atoms with Crippen molar-refractivity contribution in [2.75, 3.05) is 18.0 Å². The number of hydrogen-bond donors (Lipinski definition) is 3. The molecule has 1 aliphatic heterocycles. The number of nitrogens with zero attached hydrogens (tertiary/aromatic N) is 2. The minimum absolute atomic E-state index is 0.0548. The molecule has 1 aromatic heterocycles. The molecule has 3 N–H and O–H groups in total. The van der Waals surface area contributed by atoms with E-state index >= 15 is 0 Å². The SMILES string of the molecule is O=C(NC(C1CC1)C1CC1)N[C@H]1CCCN(c2ncc[nH]c2=O)C1. The van der Waals surface area contributed by atoms with Gasteiger partial charge in [-0.15, -0.1) is 0 Å². The number of urea groups is 1. The number of amides is 2. The van der Waals surface area contributed by atoms with Crippen LogP contribution in [0.3, 0.4) is 0 Å². The third kappa shape index (κ3) is 3.55. The molecule has 0 unspecified atom stereocenters. The van der Waals surface area contributed by atoms with E-state index in [1.807, 2.05) is 4.90 Å². The third-order valence-corrected chi connectivity index (χ3v) is 5.30. The second-order valence-electron chi connectivity index (χ2n) is 7.35. The van der Waals surface area contributed by atoms with Crippen LogP contribution in [0, 0.1) is 11.8 Å². The Bertz CT molecular complexity index is 640. The molecule has 0 spiro atoms.